The van der Waals surface area contributed by atoms with E-state index in [1.54, 1.807) is 31.1 Å². The number of nitrogens with zero attached hydrogens (tertiary/aromatic N) is 3. The highest BCUT2D eigenvalue weighted by molar-refractivity contribution is 6.09. The lowest BCUT2D eigenvalue weighted by atomic mass is 10.1. The van der Waals surface area contributed by atoms with Crippen LogP contribution in [0.4, 0.5) is 21.5 Å². The summed E-state index contributed by atoms with van der Waals surface area (Å²) in [4.78, 5) is 24.4. The lowest BCUT2D eigenvalue weighted by Crippen LogP contribution is -2.14. The quantitative estimate of drug-likeness (QED) is 0.384. The van der Waals surface area contributed by atoms with Gasteiger partial charge in [0.1, 0.15) is 23.1 Å². The van der Waals surface area contributed by atoms with Crippen molar-refractivity contribution in [1.29, 1.82) is 5.26 Å². The first kappa shape index (κ1) is 18.6. The van der Waals surface area contributed by atoms with Crippen LogP contribution in [-0.4, -0.2) is 24.9 Å². The maximum atomic E-state index is 13.6. The van der Waals surface area contributed by atoms with E-state index in [1.165, 1.54) is 42.5 Å². The van der Waals surface area contributed by atoms with Crippen LogP contribution in [0.25, 0.3) is 6.08 Å². The van der Waals surface area contributed by atoms with Crippen molar-refractivity contribution in [3.8, 4) is 6.07 Å². The predicted molar refractivity (Wildman–Crippen MR) is 96.0 cm³/mol. The third-order valence-electron chi connectivity index (χ3n) is 3.48. The molecule has 2 aromatic rings. The molecule has 0 bridgehead atoms. The molecule has 2 aromatic carbocycles. The summed E-state index contributed by atoms with van der Waals surface area (Å²) in [7, 11) is 3.33. The molecule has 0 saturated carbocycles. The van der Waals surface area contributed by atoms with Crippen molar-refractivity contribution in [1.82, 2.24) is 0 Å². The molecular weight excluding hydrogens is 339 g/mol. The zero-order valence-electron chi connectivity index (χ0n) is 14.1. The maximum absolute atomic E-state index is 13.6. The zero-order valence-corrected chi connectivity index (χ0v) is 14.1. The van der Waals surface area contributed by atoms with Crippen molar-refractivity contribution in [3.05, 3.63) is 69.5 Å². The van der Waals surface area contributed by atoms with E-state index < -0.39 is 16.6 Å². The monoisotopic (exact) mass is 354 g/mol. The van der Waals surface area contributed by atoms with Gasteiger partial charge in [-0.25, -0.2) is 4.39 Å². The van der Waals surface area contributed by atoms with Gasteiger partial charge in [-0.3, -0.25) is 14.9 Å². The van der Waals surface area contributed by atoms with E-state index in [4.69, 9.17) is 0 Å². The number of carbonyl (C=O) groups is 1. The number of halogens is 1. The molecule has 0 atom stereocenters. The number of nitro benzene ring substituents is 1. The molecule has 132 valence electrons. The van der Waals surface area contributed by atoms with Gasteiger partial charge in [-0.15, -0.1) is 0 Å². The fourth-order valence-electron chi connectivity index (χ4n) is 2.22. The topological polar surface area (TPSA) is 99.3 Å². The normalized spacial score (nSPS) is 10.8. The summed E-state index contributed by atoms with van der Waals surface area (Å²) in [5.41, 5.74) is 0.173. The number of rotatable bonds is 5. The molecule has 1 amide bonds. The van der Waals surface area contributed by atoms with Crippen LogP contribution >= 0.6 is 0 Å². The molecule has 0 aliphatic rings. The molecule has 26 heavy (non-hydrogen) atoms. The lowest BCUT2D eigenvalue weighted by molar-refractivity contribution is -0.384. The fourth-order valence-corrected chi connectivity index (χ4v) is 2.22. The third kappa shape index (κ3) is 4.21. The molecule has 0 fully saturated rings. The number of amides is 1. The van der Waals surface area contributed by atoms with Crippen molar-refractivity contribution in [2.45, 2.75) is 0 Å². The third-order valence-corrected chi connectivity index (χ3v) is 3.48. The summed E-state index contributed by atoms with van der Waals surface area (Å²) in [6, 6.07) is 11.6. The molecule has 0 spiro atoms. The average molecular weight is 354 g/mol. The van der Waals surface area contributed by atoms with Crippen LogP contribution in [0.15, 0.2) is 48.0 Å². The number of nitrogens with one attached hydrogen (secondary N) is 1. The van der Waals surface area contributed by atoms with Gasteiger partial charge in [-0.1, -0.05) is 18.2 Å². The van der Waals surface area contributed by atoms with Crippen molar-refractivity contribution in [2.24, 2.45) is 0 Å². The summed E-state index contributed by atoms with van der Waals surface area (Å²) < 4.78 is 13.6. The Bertz CT molecular complexity index is 932. The van der Waals surface area contributed by atoms with Gasteiger partial charge in [0.2, 0.25) is 0 Å². The van der Waals surface area contributed by atoms with E-state index in [0.29, 0.717) is 11.3 Å². The van der Waals surface area contributed by atoms with Gasteiger partial charge in [0, 0.05) is 20.2 Å². The summed E-state index contributed by atoms with van der Waals surface area (Å²) in [5.74, 6) is -1.44. The second-order valence-corrected chi connectivity index (χ2v) is 5.50. The Labute approximate surface area is 149 Å². The SMILES string of the molecule is CN(C)c1ccc(/C=C(\C#N)C(=O)Nc2ccccc2F)cc1[N+](=O)[O-]. The highest BCUT2D eigenvalue weighted by Crippen LogP contribution is 2.28. The number of carbonyl (C=O) groups excluding carboxylic acids is 1. The minimum atomic E-state index is -0.808. The Kier molecular flexibility index (Phi) is 5.65. The van der Waals surface area contributed by atoms with Crippen molar-refractivity contribution in [2.75, 3.05) is 24.3 Å². The molecule has 0 saturated heterocycles. The second kappa shape index (κ2) is 7.90. The van der Waals surface area contributed by atoms with Crippen LogP contribution in [0, 0.1) is 27.3 Å². The van der Waals surface area contributed by atoms with Gasteiger partial charge < -0.3 is 10.2 Å². The van der Waals surface area contributed by atoms with Gasteiger partial charge in [-0.05, 0) is 29.8 Å². The molecular formula is C18H15FN4O3. The largest absolute Gasteiger partial charge is 0.372 e. The molecule has 2 rings (SSSR count). The number of hydrogen-bond acceptors (Lipinski definition) is 5. The molecule has 0 aliphatic heterocycles. The second-order valence-electron chi connectivity index (χ2n) is 5.50. The summed E-state index contributed by atoms with van der Waals surface area (Å²) in [5, 5.41) is 22.7. The minimum Gasteiger partial charge on any atom is -0.372 e. The Morgan fingerprint density at radius 2 is 2.00 bits per heavy atom. The molecule has 0 unspecified atom stereocenters. The van der Waals surface area contributed by atoms with Gasteiger partial charge in [0.15, 0.2) is 0 Å². The average Bonchev–Trinajstić information content (AvgIpc) is 2.61. The number of benzene rings is 2. The molecule has 8 heteroatoms. The predicted octanol–water partition coefficient (Wildman–Crippen LogP) is 3.35. The van der Waals surface area contributed by atoms with Gasteiger partial charge in [-0.2, -0.15) is 5.26 Å². The summed E-state index contributed by atoms with van der Waals surface area (Å²) in [6.07, 6.45) is 1.21. The lowest BCUT2D eigenvalue weighted by Gasteiger charge is -2.12. The van der Waals surface area contributed by atoms with Crippen LogP contribution in [0.5, 0.6) is 0 Å². The first-order valence-corrected chi connectivity index (χ1v) is 7.47. The van der Waals surface area contributed by atoms with Gasteiger partial charge in [0.25, 0.3) is 11.6 Å². The molecule has 0 aliphatic carbocycles. The first-order chi connectivity index (χ1) is 12.3. The number of para-hydroxylation sites is 1. The highest BCUT2D eigenvalue weighted by atomic mass is 19.1. The van der Waals surface area contributed by atoms with Crippen molar-refractivity contribution in [3.63, 3.8) is 0 Å². The van der Waals surface area contributed by atoms with Crippen LogP contribution in [0.3, 0.4) is 0 Å². The zero-order chi connectivity index (χ0) is 19.3. The molecule has 0 radical (unpaired) electrons. The molecule has 1 N–H and O–H groups in total. The first-order valence-electron chi connectivity index (χ1n) is 7.47. The Morgan fingerprint density at radius 1 is 1.31 bits per heavy atom. The number of nitro groups is 1. The van der Waals surface area contributed by atoms with Crippen LogP contribution < -0.4 is 10.2 Å². The Balaban J connectivity index is 2.35. The number of hydrogen-bond donors (Lipinski definition) is 1. The van der Waals surface area contributed by atoms with E-state index in [0.717, 1.165) is 0 Å². The van der Waals surface area contributed by atoms with E-state index in [1.807, 2.05) is 0 Å². The standard InChI is InChI=1S/C18H15FN4O3/c1-22(2)16-8-7-12(10-17(16)23(25)26)9-13(11-20)18(24)21-15-6-4-3-5-14(15)19/h3-10H,1-2H3,(H,21,24)/b13-9+. The Hall–Kier alpha value is -3.73. The van der Waals surface area contributed by atoms with Crippen molar-refractivity contribution >= 4 is 29.0 Å². The molecule has 0 aromatic heterocycles. The van der Waals surface area contributed by atoms with E-state index in [-0.39, 0.29) is 16.9 Å². The molecule has 0 heterocycles. The van der Waals surface area contributed by atoms with Crippen LogP contribution in [-0.2, 0) is 4.79 Å². The van der Waals surface area contributed by atoms with E-state index >= 15 is 0 Å². The van der Waals surface area contributed by atoms with E-state index in [9.17, 15) is 24.6 Å². The fraction of sp³-hybridized carbons (Fsp3) is 0.111. The summed E-state index contributed by atoms with van der Waals surface area (Å²) in [6.45, 7) is 0. The van der Waals surface area contributed by atoms with Crippen LogP contribution in [0.2, 0.25) is 0 Å². The smallest absolute Gasteiger partial charge is 0.293 e. The maximum Gasteiger partial charge on any atom is 0.293 e. The van der Waals surface area contributed by atoms with Gasteiger partial charge >= 0.3 is 0 Å². The van der Waals surface area contributed by atoms with Crippen molar-refractivity contribution < 1.29 is 14.1 Å². The number of nitriles is 1. The van der Waals surface area contributed by atoms with E-state index in [2.05, 4.69) is 5.32 Å². The molecule has 7 nitrogen and oxygen atoms in total. The minimum absolute atomic E-state index is 0.0624. The van der Waals surface area contributed by atoms with Gasteiger partial charge in [0.05, 0.1) is 10.6 Å². The number of anilines is 2. The Morgan fingerprint density at radius 3 is 2.58 bits per heavy atom. The van der Waals surface area contributed by atoms with Crippen LogP contribution in [0.1, 0.15) is 5.56 Å². The summed E-state index contributed by atoms with van der Waals surface area (Å²) >= 11 is 0. The highest BCUT2D eigenvalue weighted by Gasteiger charge is 2.17.